The number of benzene rings is 1. The normalized spacial score (nSPS) is 19.8. The molecule has 0 amide bonds. The number of hydrogen-bond acceptors (Lipinski definition) is 2. The highest BCUT2D eigenvalue weighted by atomic mass is 16.5. The van der Waals surface area contributed by atoms with E-state index in [1.165, 1.54) is 30.4 Å². The molecule has 0 radical (unpaired) electrons. The van der Waals surface area contributed by atoms with Gasteiger partial charge in [0.2, 0.25) is 0 Å². The van der Waals surface area contributed by atoms with Crippen molar-refractivity contribution in [2.24, 2.45) is 0 Å². The fourth-order valence-electron chi connectivity index (χ4n) is 3.28. The Balaban J connectivity index is 1.95. The van der Waals surface area contributed by atoms with Crippen LogP contribution < -0.4 is 0 Å². The molecular formula is C20H30O2. The number of aryl methyl sites for hydroxylation is 1. The molecule has 1 aliphatic rings. The highest BCUT2D eigenvalue weighted by Crippen LogP contribution is 2.26. The first-order valence-electron chi connectivity index (χ1n) is 8.97. The second-order valence-electron chi connectivity index (χ2n) is 6.46. The number of unbranched alkanes of at least 4 members (excludes halogenated alkanes) is 1. The number of Topliss-reactive ketones (excluding diaryl/α,β-unsaturated/α-hetero) is 1. The molecule has 1 saturated heterocycles. The van der Waals surface area contributed by atoms with E-state index in [0.717, 1.165) is 32.3 Å². The van der Waals surface area contributed by atoms with Crippen LogP contribution in [0.5, 0.6) is 0 Å². The van der Waals surface area contributed by atoms with Crippen molar-refractivity contribution in [1.29, 1.82) is 0 Å². The highest BCUT2D eigenvalue weighted by Gasteiger charge is 2.24. The number of hydrogen-bond donors (Lipinski definition) is 0. The average molecular weight is 302 g/mol. The summed E-state index contributed by atoms with van der Waals surface area (Å²) in [6.45, 7) is 5.14. The average Bonchev–Trinajstić information content (AvgIpc) is 2.55. The van der Waals surface area contributed by atoms with E-state index in [4.69, 9.17) is 4.74 Å². The Morgan fingerprint density at radius 2 is 2.00 bits per heavy atom. The molecule has 0 saturated carbocycles. The zero-order valence-corrected chi connectivity index (χ0v) is 14.1. The molecule has 2 heteroatoms. The molecule has 2 atom stereocenters. The second-order valence-corrected chi connectivity index (χ2v) is 6.46. The predicted octanol–water partition coefficient (Wildman–Crippen LogP) is 5.05. The summed E-state index contributed by atoms with van der Waals surface area (Å²) in [5.41, 5.74) is 2.55. The van der Waals surface area contributed by atoms with E-state index in [1.54, 1.807) is 0 Å². The lowest BCUT2D eigenvalue weighted by molar-refractivity contribution is -0.124. The van der Waals surface area contributed by atoms with Crippen LogP contribution in [0.25, 0.3) is 0 Å². The van der Waals surface area contributed by atoms with Gasteiger partial charge in [0.05, 0.1) is 6.10 Å². The van der Waals surface area contributed by atoms with Gasteiger partial charge in [0.15, 0.2) is 0 Å². The van der Waals surface area contributed by atoms with E-state index in [-0.39, 0.29) is 12.0 Å². The number of rotatable bonds is 8. The summed E-state index contributed by atoms with van der Waals surface area (Å²) in [6.07, 6.45) is 8.57. The van der Waals surface area contributed by atoms with E-state index in [1.807, 2.05) is 0 Å². The van der Waals surface area contributed by atoms with Crippen molar-refractivity contribution >= 4 is 5.78 Å². The van der Waals surface area contributed by atoms with Gasteiger partial charge in [-0.05, 0) is 49.7 Å². The van der Waals surface area contributed by atoms with E-state index >= 15 is 0 Å². The van der Waals surface area contributed by atoms with Crippen LogP contribution in [0, 0.1) is 0 Å². The van der Waals surface area contributed by atoms with E-state index in [0.29, 0.717) is 12.2 Å². The number of carbonyl (C=O) groups is 1. The van der Waals surface area contributed by atoms with Gasteiger partial charge in [-0.25, -0.2) is 0 Å². The number of ketones is 1. The topological polar surface area (TPSA) is 26.3 Å². The van der Waals surface area contributed by atoms with Crippen molar-refractivity contribution in [2.75, 3.05) is 6.61 Å². The van der Waals surface area contributed by atoms with Crippen molar-refractivity contribution in [2.45, 2.75) is 77.2 Å². The fraction of sp³-hybridized carbons (Fsp3) is 0.650. The molecule has 122 valence electrons. The van der Waals surface area contributed by atoms with Gasteiger partial charge in [0.25, 0.3) is 0 Å². The molecule has 0 N–H and O–H groups in total. The fourth-order valence-corrected chi connectivity index (χ4v) is 3.28. The van der Waals surface area contributed by atoms with Gasteiger partial charge in [0, 0.05) is 18.9 Å². The third-order valence-corrected chi connectivity index (χ3v) is 4.70. The minimum atomic E-state index is 0.0331. The van der Waals surface area contributed by atoms with Crippen LogP contribution >= 0.6 is 0 Å². The molecule has 0 aromatic heterocycles. The maximum Gasteiger partial charge on any atom is 0.142 e. The molecule has 2 unspecified atom stereocenters. The first-order chi connectivity index (χ1) is 10.7. The van der Waals surface area contributed by atoms with Crippen LogP contribution in [0.3, 0.4) is 0 Å². The molecule has 0 bridgehead atoms. The second kappa shape index (κ2) is 9.09. The molecular weight excluding hydrogens is 272 g/mol. The van der Waals surface area contributed by atoms with Gasteiger partial charge in [-0.3, -0.25) is 4.79 Å². The monoisotopic (exact) mass is 302 g/mol. The lowest BCUT2D eigenvalue weighted by Crippen LogP contribution is -2.25. The van der Waals surface area contributed by atoms with Gasteiger partial charge in [-0.2, -0.15) is 0 Å². The first kappa shape index (κ1) is 17.2. The van der Waals surface area contributed by atoms with Crippen molar-refractivity contribution in [3.8, 4) is 0 Å². The van der Waals surface area contributed by atoms with Crippen molar-refractivity contribution in [1.82, 2.24) is 0 Å². The maximum absolute atomic E-state index is 12.6. The molecule has 0 spiro atoms. The standard InChI is InChI=1S/C20H30O2/c1-3-5-8-16-10-12-17(13-11-16)19(4-2)20(21)15-18-9-6-7-14-22-18/h10-13,18-19H,3-9,14-15H2,1-2H3. The molecule has 22 heavy (non-hydrogen) atoms. The summed E-state index contributed by atoms with van der Waals surface area (Å²) in [5.74, 6) is 0.376. The largest absolute Gasteiger partial charge is 0.378 e. The summed E-state index contributed by atoms with van der Waals surface area (Å²) in [4.78, 5) is 12.6. The van der Waals surface area contributed by atoms with E-state index < -0.39 is 0 Å². The zero-order chi connectivity index (χ0) is 15.8. The quantitative estimate of drug-likeness (QED) is 0.671. The zero-order valence-electron chi connectivity index (χ0n) is 14.1. The van der Waals surface area contributed by atoms with Gasteiger partial charge in [0.1, 0.15) is 5.78 Å². The molecule has 0 aliphatic carbocycles. The van der Waals surface area contributed by atoms with Gasteiger partial charge >= 0.3 is 0 Å². The molecule has 1 fully saturated rings. The van der Waals surface area contributed by atoms with Crippen LogP contribution in [0.2, 0.25) is 0 Å². The van der Waals surface area contributed by atoms with Crippen LogP contribution in [0.1, 0.15) is 75.8 Å². The van der Waals surface area contributed by atoms with E-state index in [9.17, 15) is 4.79 Å². The van der Waals surface area contributed by atoms with E-state index in [2.05, 4.69) is 38.1 Å². The number of carbonyl (C=O) groups excluding carboxylic acids is 1. The molecule has 1 aromatic carbocycles. The third-order valence-electron chi connectivity index (χ3n) is 4.70. The van der Waals surface area contributed by atoms with Gasteiger partial charge < -0.3 is 4.74 Å². The smallest absolute Gasteiger partial charge is 0.142 e. The Morgan fingerprint density at radius 3 is 2.59 bits per heavy atom. The number of ether oxygens (including phenoxy) is 1. The Morgan fingerprint density at radius 1 is 1.23 bits per heavy atom. The summed E-state index contributed by atoms with van der Waals surface area (Å²) in [5, 5.41) is 0. The minimum Gasteiger partial charge on any atom is -0.378 e. The molecule has 2 rings (SSSR count). The van der Waals surface area contributed by atoms with Gasteiger partial charge in [-0.15, -0.1) is 0 Å². The van der Waals surface area contributed by atoms with Crippen LogP contribution in [0.15, 0.2) is 24.3 Å². The molecule has 1 aromatic rings. The lowest BCUT2D eigenvalue weighted by Gasteiger charge is -2.24. The Hall–Kier alpha value is -1.15. The Kier molecular flexibility index (Phi) is 7.11. The summed E-state index contributed by atoms with van der Waals surface area (Å²) in [6, 6.07) is 8.69. The molecule has 1 heterocycles. The third kappa shape index (κ3) is 4.95. The van der Waals surface area contributed by atoms with Crippen LogP contribution in [-0.2, 0) is 16.0 Å². The SMILES string of the molecule is CCCCc1ccc(C(CC)C(=O)CC2CCCCO2)cc1. The summed E-state index contributed by atoms with van der Waals surface area (Å²) >= 11 is 0. The maximum atomic E-state index is 12.6. The first-order valence-corrected chi connectivity index (χ1v) is 8.97. The molecule has 2 nitrogen and oxygen atoms in total. The Bertz CT molecular complexity index is 443. The lowest BCUT2D eigenvalue weighted by atomic mass is 9.88. The van der Waals surface area contributed by atoms with Crippen molar-refractivity contribution in [3.05, 3.63) is 35.4 Å². The predicted molar refractivity (Wildman–Crippen MR) is 91.3 cm³/mol. The summed E-state index contributed by atoms with van der Waals surface area (Å²) in [7, 11) is 0. The Labute approximate surface area is 135 Å². The minimum absolute atomic E-state index is 0.0331. The van der Waals surface area contributed by atoms with Crippen molar-refractivity contribution in [3.63, 3.8) is 0 Å². The van der Waals surface area contributed by atoms with Crippen LogP contribution in [0.4, 0.5) is 0 Å². The van der Waals surface area contributed by atoms with Crippen molar-refractivity contribution < 1.29 is 9.53 Å². The molecule has 1 aliphatic heterocycles. The summed E-state index contributed by atoms with van der Waals surface area (Å²) < 4.78 is 5.72. The van der Waals surface area contributed by atoms with Crippen LogP contribution in [-0.4, -0.2) is 18.5 Å². The highest BCUT2D eigenvalue weighted by molar-refractivity contribution is 5.86. The van der Waals surface area contributed by atoms with Gasteiger partial charge in [-0.1, -0.05) is 44.5 Å².